The van der Waals surface area contributed by atoms with Crippen molar-refractivity contribution in [2.24, 2.45) is 5.92 Å². The lowest BCUT2D eigenvalue weighted by molar-refractivity contribution is -0.146. The van der Waals surface area contributed by atoms with E-state index in [1.807, 2.05) is 13.8 Å². The lowest BCUT2D eigenvalue weighted by Crippen LogP contribution is -2.22. The Kier molecular flexibility index (Phi) is 9.70. The summed E-state index contributed by atoms with van der Waals surface area (Å²) >= 11 is 11.7. The topological polar surface area (TPSA) is 116 Å². The van der Waals surface area contributed by atoms with Crippen LogP contribution in [0.2, 0.25) is 10.0 Å². The highest BCUT2D eigenvalue weighted by Gasteiger charge is 2.21. The lowest BCUT2D eigenvalue weighted by Gasteiger charge is -2.09. The van der Waals surface area contributed by atoms with Crippen molar-refractivity contribution in [3.8, 4) is 0 Å². The van der Waals surface area contributed by atoms with Crippen LogP contribution in [0.5, 0.6) is 0 Å². The van der Waals surface area contributed by atoms with Crippen molar-refractivity contribution in [2.45, 2.75) is 25.2 Å². The van der Waals surface area contributed by atoms with Crippen molar-refractivity contribution in [3.63, 3.8) is 0 Å². The van der Waals surface area contributed by atoms with Crippen LogP contribution in [0.4, 0.5) is 5.69 Å². The molecule has 0 unspecified atom stereocenters. The van der Waals surface area contributed by atoms with Crippen LogP contribution < -0.4 is 5.32 Å². The predicted molar refractivity (Wildman–Crippen MR) is 124 cm³/mol. The maximum absolute atomic E-state index is 12.4. The molecule has 0 aliphatic rings. The molecule has 2 aromatic rings. The van der Waals surface area contributed by atoms with Crippen LogP contribution in [0.3, 0.4) is 0 Å². The molecule has 0 aliphatic heterocycles. The van der Waals surface area contributed by atoms with Gasteiger partial charge in [0, 0.05) is 10.7 Å². The van der Waals surface area contributed by atoms with Gasteiger partial charge in [-0.15, -0.1) is 0 Å². The van der Waals surface area contributed by atoms with Gasteiger partial charge in [0.25, 0.3) is 5.91 Å². The quantitative estimate of drug-likeness (QED) is 0.472. The summed E-state index contributed by atoms with van der Waals surface area (Å²) in [6.45, 7) is 3.55. The number of hydrogen-bond acceptors (Lipinski definition) is 7. The molecule has 1 amide bonds. The monoisotopic (exact) mass is 515 g/mol. The summed E-state index contributed by atoms with van der Waals surface area (Å²) in [7, 11) is -3.87. The van der Waals surface area contributed by atoms with Gasteiger partial charge >= 0.3 is 11.9 Å². The third-order valence-electron chi connectivity index (χ3n) is 4.12. The smallest absolute Gasteiger partial charge is 0.338 e. The number of hydrogen-bond donors (Lipinski definition) is 1. The molecule has 2 rings (SSSR count). The molecule has 0 heterocycles. The third kappa shape index (κ3) is 8.68. The van der Waals surface area contributed by atoms with E-state index >= 15 is 0 Å². The Morgan fingerprint density at radius 2 is 1.67 bits per heavy atom. The Hall–Kier alpha value is -2.62. The van der Waals surface area contributed by atoms with Crippen LogP contribution >= 0.6 is 23.2 Å². The number of nitrogens with one attached hydrogen (secondary N) is 1. The second kappa shape index (κ2) is 12.0. The molecule has 2 aromatic carbocycles. The molecule has 0 aromatic heterocycles. The van der Waals surface area contributed by atoms with E-state index < -0.39 is 46.5 Å². The fourth-order valence-corrected chi connectivity index (χ4v) is 4.51. The van der Waals surface area contributed by atoms with Crippen LogP contribution in [0.1, 0.15) is 30.6 Å². The van der Waals surface area contributed by atoms with Crippen molar-refractivity contribution in [1.29, 1.82) is 0 Å². The fourth-order valence-electron chi connectivity index (χ4n) is 2.47. The van der Waals surface area contributed by atoms with Crippen LogP contribution in [-0.2, 0) is 28.9 Å². The number of ether oxygens (including phenoxy) is 2. The standard InChI is InChI=1S/C22H23Cl2NO7S/c1-14(2)12-32-22(28)15-3-6-17(7-4-15)25-20(26)13-31-21(27)9-10-33(29,30)19-11-16(23)5-8-18(19)24/h3-8,11,14H,9-10,12-13H2,1-2H3,(H,25,26). The molecule has 0 fully saturated rings. The molecule has 11 heteroatoms. The summed E-state index contributed by atoms with van der Waals surface area (Å²) in [5.74, 6) is -2.30. The summed E-state index contributed by atoms with van der Waals surface area (Å²) in [5.41, 5.74) is 0.718. The number of benzene rings is 2. The van der Waals surface area contributed by atoms with Crippen LogP contribution in [0.25, 0.3) is 0 Å². The summed E-state index contributed by atoms with van der Waals surface area (Å²) in [4.78, 5) is 35.6. The summed E-state index contributed by atoms with van der Waals surface area (Å²) < 4.78 is 34.7. The van der Waals surface area contributed by atoms with Gasteiger partial charge < -0.3 is 14.8 Å². The van der Waals surface area contributed by atoms with Gasteiger partial charge in [-0.05, 0) is 48.4 Å². The average Bonchev–Trinajstić information content (AvgIpc) is 2.76. The number of anilines is 1. The second-order valence-electron chi connectivity index (χ2n) is 7.42. The van der Waals surface area contributed by atoms with Gasteiger partial charge in [0.15, 0.2) is 16.4 Å². The number of esters is 2. The van der Waals surface area contributed by atoms with E-state index in [9.17, 15) is 22.8 Å². The molecule has 0 saturated carbocycles. The normalized spacial score (nSPS) is 11.2. The van der Waals surface area contributed by atoms with Crippen molar-refractivity contribution < 1.29 is 32.3 Å². The highest BCUT2D eigenvalue weighted by molar-refractivity contribution is 7.91. The van der Waals surface area contributed by atoms with Crippen molar-refractivity contribution >= 4 is 56.6 Å². The zero-order chi connectivity index (χ0) is 24.6. The lowest BCUT2D eigenvalue weighted by atomic mass is 10.2. The second-order valence-corrected chi connectivity index (χ2v) is 10.3. The molecule has 178 valence electrons. The maximum Gasteiger partial charge on any atom is 0.338 e. The van der Waals surface area contributed by atoms with Crippen LogP contribution in [-0.4, -0.2) is 45.2 Å². The Bertz CT molecular complexity index is 1120. The van der Waals surface area contributed by atoms with E-state index in [0.29, 0.717) is 17.9 Å². The van der Waals surface area contributed by atoms with E-state index in [1.54, 1.807) is 0 Å². The Morgan fingerprint density at radius 1 is 1.00 bits per heavy atom. The Morgan fingerprint density at radius 3 is 2.30 bits per heavy atom. The molecular weight excluding hydrogens is 493 g/mol. The highest BCUT2D eigenvalue weighted by Crippen LogP contribution is 2.26. The maximum atomic E-state index is 12.4. The minimum Gasteiger partial charge on any atom is -0.462 e. The van der Waals surface area contributed by atoms with E-state index in [2.05, 4.69) is 5.32 Å². The molecular formula is C22H23Cl2NO7S. The first-order chi connectivity index (χ1) is 15.5. The number of sulfone groups is 1. The molecule has 1 N–H and O–H groups in total. The fraction of sp³-hybridized carbons (Fsp3) is 0.318. The minimum absolute atomic E-state index is 0.00801. The SMILES string of the molecule is CC(C)COC(=O)c1ccc(NC(=O)COC(=O)CCS(=O)(=O)c2cc(Cl)ccc2Cl)cc1. The van der Waals surface area contributed by atoms with Gasteiger partial charge in [-0.1, -0.05) is 37.0 Å². The number of halogens is 2. The summed E-state index contributed by atoms with van der Waals surface area (Å²) in [5, 5.41) is 2.69. The third-order valence-corrected chi connectivity index (χ3v) is 6.55. The first kappa shape index (κ1) is 26.6. The zero-order valence-electron chi connectivity index (χ0n) is 18.0. The molecule has 0 spiro atoms. The van der Waals surface area contributed by atoms with Gasteiger partial charge in [0.1, 0.15) is 0 Å². The zero-order valence-corrected chi connectivity index (χ0v) is 20.3. The minimum atomic E-state index is -3.87. The van der Waals surface area contributed by atoms with Crippen molar-refractivity contribution in [3.05, 3.63) is 58.1 Å². The van der Waals surface area contributed by atoms with Gasteiger partial charge in [-0.25, -0.2) is 13.2 Å². The first-order valence-corrected chi connectivity index (χ1v) is 12.3. The van der Waals surface area contributed by atoms with E-state index in [1.165, 1.54) is 42.5 Å². The van der Waals surface area contributed by atoms with Crippen molar-refractivity contribution in [1.82, 2.24) is 0 Å². The predicted octanol–water partition coefficient (Wildman–Crippen LogP) is 4.15. The Labute approximate surface area is 202 Å². The molecule has 8 nitrogen and oxygen atoms in total. The van der Waals surface area contributed by atoms with Gasteiger partial charge in [-0.2, -0.15) is 0 Å². The van der Waals surface area contributed by atoms with Crippen LogP contribution in [0, 0.1) is 5.92 Å². The van der Waals surface area contributed by atoms with Crippen molar-refractivity contribution in [2.75, 3.05) is 24.3 Å². The average molecular weight is 516 g/mol. The number of carbonyl (C=O) groups is 3. The van der Waals surface area contributed by atoms with Gasteiger partial charge in [-0.3, -0.25) is 9.59 Å². The van der Waals surface area contributed by atoms with E-state index in [-0.39, 0.29) is 20.9 Å². The highest BCUT2D eigenvalue weighted by atomic mass is 35.5. The van der Waals surface area contributed by atoms with Crippen LogP contribution in [0.15, 0.2) is 47.4 Å². The van der Waals surface area contributed by atoms with E-state index in [4.69, 9.17) is 32.7 Å². The number of amides is 1. The number of carbonyl (C=O) groups excluding carboxylic acids is 3. The summed E-state index contributed by atoms with van der Waals surface area (Å²) in [6, 6.07) is 10.0. The Balaban J connectivity index is 1.80. The molecule has 0 radical (unpaired) electrons. The van der Waals surface area contributed by atoms with Gasteiger partial charge in [0.2, 0.25) is 0 Å². The van der Waals surface area contributed by atoms with Gasteiger partial charge in [0.05, 0.1) is 34.3 Å². The molecule has 0 aliphatic carbocycles. The largest absolute Gasteiger partial charge is 0.462 e. The molecule has 0 atom stereocenters. The summed E-state index contributed by atoms with van der Waals surface area (Å²) in [6.07, 6.45) is -0.467. The first-order valence-electron chi connectivity index (χ1n) is 9.88. The molecule has 33 heavy (non-hydrogen) atoms. The van der Waals surface area contributed by atoms with E-state index in [0.717, 1.165) is 0 Å². The molecule has 0 saturated heterocycles. The number of rotatable bonds is 10. The molecule has 0 bridgehead atoms.